The van der Waals surface area contributed by atoms with E-state index in [1.165, 1.54) is 12.1 Å². The van der Waals surface area contributed by atoms with Gasteiger partial charge in [-0.05, 0) is 83.3 Å². The number of ether oxygens (including phenoxy) is 1. The first-order valence-corrected chi connectivity index (χ1v) is 13.0. The maximum Gasteiger partial charge on any atom is 0.340 e. The Morgan fingerprint density at radius 2 is 1.75 bits per heavy atom. The summed E-state index contributed by atoms with van der Waals surface area (Å²) in [5.74, 6) is -0.365. The summed E-state index contributed by atoms with van der Waals surface area (Å²) in [4.78, 5) is 26.6. The van der Waals surface area contributed by atoms with E-state index in [-0.39, 0.29) is 21.4 Å². The van der Waals surface area contributed by atoms with Crippen molar-refractivity contribution < 1.29 is 22.7 Å². The lowest BCUT2D eigenvalue weighted by atomic mass is 9.92. The molecule has 1 aliphatic heterocycles. The number of likely N-dealkylation sites (tertiary alicyclic amines) is 1. The van der Waals surface area contributed by atoms with Gasteiger partial charge in [-0.25, -0.2) is 13.2 Å². The van der Waals surface area contributed by atoms with Crippen LogP contribution in [0.15, 0.2) is 47.4 Å². The molecule has 172 valence electrons. The van der Waals surface area contributed by atoms with Crippen molar-refractivity contribution in [3.8, 4) is 0 Å². The number of carbonyl (C=O) groups excluding carboxylic acids is 2. The molecule has 0 spiro atoms. The summed E-state index contributed by atoms with van der Waals surface area (Å²) in [6, 6.07) is 10.6. The third-order valence-corrected chi connectivity index (χ3v) is 7.54. The summed E-state index contributed by atoms with van der Waals surface area (Å²) in [6.45, 7) is 4.99. The quantitative estimate of drug-likeness (QED) is 0.398. The van der Waals surface area contributed by atoms with Crippen LogP contribution in [0.4, 0.5) is 5.69 Å². The number of hydrogen-bond donors (Lipinski definition) is 1. The topological polar surface area (TPSA) is 92.8 Å². The Kier molecular flexibility index (Phi) is 8.05. The zero-order valence-electron chi connectivity index (χ0n) is 17.7. The summed E-state index contributed by atoms with van der Waals surface area (Å²) < 4.78 is 34.1. The molecule has 0 aromatic heterocycles. The van der Waals surface area contributed by atoms with Crippen molar-refractivity contribution in [1.82, 2.24) is 4.90 Å². The third kappa shape index (κ3) is 6.35. The minimum absolute atomic E-state index is 0.0379. The molecule has 7 nitrogen and oxygen atoms in total. The Labute approximate surface area is 206 Å². The first-order chi connectivity index (χ1) is 15.0. The number of piperidine rings is 1. The van der Waals surface area contributed by atoms with E-state index in [1.54, 1.807) is 29.2 Å². The van der Waals surface area contributed by atoms with Gasteiger partial charge >= 0.3 is 5.97 Å². The third-order valence-electron chi connectivity index (χ3n) is 5.11. The number of halogens is 2. The molecule has 32 heavy (non-hydrogen) atoms. The predicted molar refractivity (Wildman–Crippen MR) is 131 cm³/mol. The number of amides is 1. The summed E-state index contributed by atoms with van der Waals surface area (Å²) >= 11 is 8.23. The molecular weight excluding hydrogens is 567 g/mol. The van der Waals surface area contributed by atoms with E-state index < -0.39 is 22.6 Å². The standard InChI is InChI=1S/C22H24ClIN2O5S/c1-14-9-15(2)12-26(11-14)21(27)13-31-22(28)19-10-18(7-8-20(19)23)32(29,30)25-17-5-3-16(24)4-6-17/h3-8,10,14-15,25H,9,11-13H2,1-2H3. The Morgan fingerprint density at radius 3 is 2.38 bits per heavy atom. The van der Waals surface area contributed by atoms with Gasteiger partial charge in [-0.3, -0.25) is 9.52 Å². The number of anilines is 1. The average molecular weight is 591 g/mol. The van der Waals surface area contributed by atoms with E-state index in [2.05, 4.69) is 41.2 Å². The van der Waals surface area contributed by atoms with E-state index in [9.17, 15) is 18.0 Å². The molecule has 3 rings (SSSR count). The molecule has 2 atom stereocenters. The van der Waals surface area contributed by atoms with Crippen LogP contribution in [0.25, 0.3) is 0 Å². The molecule has 0 aliphatic carbocycles. The van der Waals surface area contributed by atoms with E-state index >= 15 is 0 Å². The smallest absolute Gasteiger partial charge is 0.340 e. The minimum Gasteiger partial charge on any atom is -0.452 e. The molecule has 1 heterocycles. The number of rotatable bonds is 6. The lowest BCUT2D eigenvalue weighted by molar-refractivity contribution is -0.137. The first-order valence-electron chi connectivity index (χ1n) is 10.1. The van der Waals surface area contributed by atoms with Crippen LogP contribution < -0.4 is 4.72 Å². The van der Waals surface area contributed by atoms with Crippen molar-refractivity contribution in [3.05, 3.63) is 56.6 Å². The van der Waals surface area contributed by atoms with Gasteiger partial charge in [0.2, 0.25) is 0 Å². The zero-order chi connectivity index (χ0) is 23.5. The van der Waals surface area contributed by atoms with Crippen molar-refractivity contribution in [3.63, 3.8) is 0 Å². The summed E-state index contributed by atoms with van der Waals surface area (Å²) in [5, 5.41) is 0.0379. The second kappa shape index (κ2) is 10.4. The molecule has 0 bridgehead atoms. The van der Waals surface area contributed by atoms with Gasteiger partial charge < -0.3 is 9.64 Å². The van der Waals surface area contributed by atoms with Gasteiger partial charge in [0, 0.05) is 22.3 Å². The largest absolute Gasteiger partial charge is 0.452 e. The Hall–Kier alpha value is -1.85. The molecule has 2 aromatic rings. The van der Waals surface area contributed by atoms with E-state index in [4.69, 9.17) is 16.3 Å². The first kappa shape index (κ1) is 24.8. The SMILES string of the molecule is CC1CC(C)CN(C(=O)COC(=O)c2cc(S(=O)(=O)Nc3ccc(I)cc3)ccc2Cl)C1. The number of esters is 1. The van der Waals surface area contributed by atoms with Gasteiger partial charge in [-0.1, -0.05) is 25.4 Å². The molecule has 1 saturated heterocycles. The van der Waals surface area contributed by atoms with Gasteiger partial charge in [0.25, 0.3) is 15.9 Å². The summed E-state index contributed by atoms with van der Waals surface area (Å²) in [6.07, 6.45) is 1.05. The highest BCUT2D eigenvalue weighted by molar-refractivity contribution is 14.1. The van der Waals surface area contributed by atoms with Crippen molar-refractivity contribution >= 4 is 61.8 Å². The normalized spacial score (nSPS) is 18.8. The molecule has 1 fully saturated rings. The fraction of sp³-hybridized carbons (Fsp3) is 0.364. The van der Waals surface area contributed by atoms with Crippen LogP contribution in [0.5, 0.6) is 0 Å². The highest BCUT2D eigenvalue weighted by atomic mass is 127. The Morgan fingerprint density at radius 1 is 1.12 bits per heavy atom. The molecule has 0 saturated carbocycles. The van der Waals surface area contributed by atoms with E-state index in [1.807, 2.05) is 0 Å². The Bertz CT molecular complexity index is 1100. The second-order valence-corrected chi connectivity index (χ2v) is 11.4. The van der Waals surface area contributed by atoms with Gasteiger partial charge in [-0.15, -0.1) is 0 Å². The maximum absolute atomic E-state index is 12.7. The minimum atomic E-state index is -3.95. The molecule has 2 unspecified atom stereocenters. The number of nitrogens with one attached hydrogen (secondary N) is 1. The lowest BCUT2D eigenvalue weighted by Gasteiger charge is -2.34. The fourth-order valence-electron chi connectivity index (χ4n) is 3.72. The van der Waals surface area contributed by atoms with E-state index in [0.717, 1.165) is 16.1 Å². The number of benzene rings is 2. The molecular formula is C22H24ClIN2O5S. The number of sulfonamides is 1. The van der Waals surface area contributed by atoms with Crippen LogP contribution in [0.2, 0.25) is 5.02 Å². The monoisotopic (exact) mass is 590 g/mol. The van der Waals surface area contributed by atoms with Crippen LogP contribution in [0.1, 0.15) is 30.6 Å². The van der Waals surface area contributed by atoms with Crippen molar-refractivity contribution in [1.29, 1.82) is 0 Å². The second-order valence-electron chi connectivity index (χ2n) is 8.07. The highest BCUT2D eigenvalue weighted by Gasteiger charge is 2.27. The van der Waals surface area contributed by atoms with Gasteiger partial charge in [0.1, 0.15) is 0 Å². The Balaban J connectivity index is 1.70. The zero-order valence-corrected chi connectivity index (χ0v) is 21.4. The average Bonchev–Trinajstić information content (AvgIpc) is 2.72. The van der Waals surface area contributed by atoms with E-state index in [0.29, 0.717) is 30.6 Å². The maximum atomic E-state index is 12.7. The van der Waals surface area contributed by atoms with Crippen LogP contribution in [-0.2, 0) is 19.6 Å². The molecule has 1 amide bonds. The van der Waals surface area contributed by atoms with Crippen molar-refractivity contribution in [2.45, 2.75) is 25.2 Å². The molecule has 10 heteroatoms. The predicted octanol–water partition coefficient (Wildman–Crippen LogP) is 4.41. The molecule has 2 aromatic carbocycles. The van der Waals surface area contributed by atoms with Crippen LogP contribution in [-0.4, -0.2) is 44.9 Å². The molecule has 0 radical (unpaired) electrons. The molecule has 1 aliphatic rings. The van der Waals surface area contributed by atoms with Crippen LogP contribution >= 0.6 is 34.2 Å². The van der Waals surface area contributed by atoms with Crippen molar-refractivity contribution in [2.75, 3.05) is 24.4 Å². The van der Waals surface area contributed by atoms with Crippen molar-refractivity contribution in [2.24, 2.45) is 11.8 Å². The lowest BCUT2D eigenvalue weighted by Crippen LogP contribution is -2.44. The number of carbonyl (C=O) groups is 2. The number of hydrogen-bond acceptors (Lipinski definition) is 5. The molecule has 1 N–H and O–H groups in total. The van der Waals surface area contributed by atoms with Gasteiger partial charge in [0.05, 0.1) is 15.5 Å². The van der Waals surface area contributed by atoms with Gasteiger partial charge in [-0.2, -0.15) is 0 Å². The summed E-state index contributed by atoms with van der Waals surface area (Å²) in [5.41, 5.74) is 0.269. The summed E-state index contributed by atoms with van der Waals surface area (Å²) in [7, 11) is -3.95. The highest BCUT2D eigenvalue weighted by Crippen LogP contribution is 2.24. The fourth-order valence-corrected chi connectivity index (χ4v) is 5.36. The van der Waals surface area contributed by atoms with Crippen LogP contribution in [0.3, 0.4) is 0 Å². The van der Waals surface area contributed by atoms with Crippen LogP contribution in [0, 0.1) is 15.4 Å². The number of nitrogens with zero attached hydrogens (tertiary/aromatic N) is 1. The van der Waals surface area contributed by atoms with Gasteiger partial charge in [0.15, 0.2) is 6.61 Å².